The van der Waals surface area contributed by atoms with E-state index in [9.17, 15) is 14.0 Å². The van der Waals surface area contributed by atoms with E-state index in [-0.39, 0.29) is 41.6 Å². The standard InChI is InChI=1S/C17H21FN4O2S.ClH/c18-10-7-14-15(20-8-10)21(13-5-6-25-9-13)17(24)22(16(14)23)12-3-1-11(19)2-4-12;/h7-8,11-13H,1-6,9,19H2;1H. The zero-order chi connectivity index (χ0) is 17.6. The topological polar surface area (TPSA) is 82.9 Å². The molecule has 2 aromatic heterocycles. The van der Waals surface area contributed by atoms with Crippen molar-refractivity contribution in [1.82, 2.24) is 14.1 Å². The Hall–Kier alpha value is -1.38. The molecule has 2 fully saturated rings. The normalized spacial score (nSPS) is 26.0. The van der Waals surface area contributed by atoms with Gasteiger partial charge >= 0.3 is 5.69 Å². The van der Waals surface area contributed by atoms with Gasteiger partial charge in [0.05, 0.1) is 17.6 Å². The average molecular weight is 401 g/mol. The molecule has 1 saturated carbocycles. The summed E-state index contributed by atoms with van der Waals surface area (Å²) in [5.74, 6) is 1.21. The number of aromatic nitrogens is 3. The number of halogens is 2. The van der Waals surface area contributed by atoms with E-state index in [1.165, 1.54) is 10.6 Å². The highest BCUT2D eigenvalue weighted by Gasteiger charge is 2.28. The maximum Gasteiger partial charge on any atom is 0.333 e. The van der Waals surface area contributed by atoms with Gasteiger partial charge in [0.2, 0.25) is 0 Å². The van der Waals surface area contributed by atoms with Gasteiger partial charge in [0.1, 0.15) is 11.5 Å². The van der Waals surface area contributed by atoms with Gasteiger partial charge in [-0.15, -0.1) is 12.4 Å². The quantitative estimate of drug-likeness (QED) is 0.835. The molecular weight excluding hydrogens is 379 g/mol. The first-order valence-corrected chi connectivity index (χ1v) is 9.87. The van der Waals surface area contributed by atoms with Gasteiger partial charge in [-0.05, 0) is 43.9 Å². The molecule has 0 aromatic carbocycles. The molecule has 1 saturated heterocycles. The van der Waals surface area contributed by atoms with E-state index in [4.69, 9.17) is 5.73 Å². The lowest BCUT2D eigenvalue weighted by Gasteiger charge is -2.28. The van der Waals surface area contributed by atoms with Crippen LogP contribution < -0.4 is 17.0 Å². The molecule has 26 heavy (non-hydrogen) atoms. The molecule has 0 bridgehead atoms. The van der Waals surface area contributed by atoms with Gasteiger partial charge in [0, 0.05) is 17.8 Å². The Balaban J connectivity index is 0.00000196. The summed E-state index contributed by atoms with van der Waals surface area (Å²) in [7, 11) is 0. The predicted molar refractivity (Wildman–Crippen MR) is 104 cm³/mol. The Morgan fingerprint density at radius 1 is 1.12 bits per heavy atom. The second-order valence-corrected chi connectivity index (χ2v) is 8.09. The SMILES string of the molecule is Cl.NC1CCC(n2c(=O)c3cc(F)cnc3n(C3CCSC3)c2=O)CC1. The molecule has 2 N–H and O–H groups in total. The second kappa shape index (κ2) is 7.70. The van der Waals surface area contributed by atoms with Crippen LogP contribution in [0.1, 0.15) is 44.2 Å². The Morgan fingerprint density at radius 3 is 2.50 bits per heavy atom. The summed E-state index contributed by atoms with van der Waals surface area (Å²) in [5, 5.41) is 0.186. The molecule has 3 heterocycles. The van der Waals surface area contributed by atoms with Crippen molar-refractivity contribution in [2.24, 2.45) is 5.73 Å². The van der Waals surface area contributed by atoms with Crippen LogP contribution in [-0.2, 0) is 0 Å². The fourth-order valence-electron chi connectivity index (χ4n) is 3.94. The third-order valence-electron chi connectivity index (χ3n) is 5.30. The van der Waals surface area contributed by atoms with Crippen LogP contribution in [0.2, 0.25) is 0 Å². The molecular formula is C17H22ClFN4O2S. The minimum atomic E-state index is -0.562. The minimum absolute atomic E-state index is 0. The maximum atomic E-state index is 13.7. The van der Waals surface area contributed by atoms with Crippen molar-refractivity contribution in [2.45, 2.75) is 50.2 Å². The summed E-state index contributed by atoms with van der Waals surface area (Å²) in [5.41, 5.74) is 5.51. The summed E-state index contributed by atoms with van der Waals surface area (Å²) in [6, 6.07) is 1.15. The molecule has 4 rings (SSSR count). The largest absolute Gasteiger partial charge is 0.333 e. The van der Waals surface area contributed by atoms with Crippen molar-refractivity contribution in [2.75, 3.05) is 11.5 Å². The van der Waals surface area contributed by atoms with Crippen molar-refractivity contribution in [3.05, 3.63) is 38.9 Å². The molecule has 1 atom stereocenters. The Bertz CT molecular complexity index is 917. The van der Waals surface area contributed by atoms with Gasteiger partial charge in [0.15, 0.2) is 0 Å². The maximum absolute atomic E-state index is 13.7. The van der Waals surface area contributed by atoms with E-state index < -0.39 is 11.4 Å². The molecule has 2 aromatic rings. The highest BCUT2D eigenvalue weighted by atomic mass is 35.5. The van der Waals surface area contributed by atoms with Crippen LogP contribution in [0.25, 0.3) is 11.0 Å². The predicted octanol–water partition coefficient (Wildman–Crippen LogP) is 2.24. The first kappa shape index (κ1) is 19.4. The first-order valence-electron chi connectivity index (χ1n) is 8.72. The highest BCUT2D eigenvalue weighted by Crippen LogP contribution is 2.30. The van der Waals surface area contributed by atoms with Gasteiger partial charge < -0.3 is 5.73 Å². The molecule has 2 aliphatic rings. The van der Waals surface area contributed by atoms with Crippen LogP contribution in [-0.4, -0.2) is 31.7 Å². The molecule has 6 nitrogen and oxygen atoms in total. The van der Waals surface area contributed by atoms with Crippen LogP contribution in [0.5, 0.6) is 0 Å². The van der Waals surface area contributed by atoms with Crippen LogP contribution in [0.3, 0.4) is 0 Å². The van der Waals surface area contributed by atoms with Crippen LogP contribution in [0, 0.1) is 5.82 Å². The van der Waals surface area contributed by atoms with Gasteiger partial charge in [-0.1, -0.05) is 0 Å². The number of fused-ring (bicyclic) bond motifs is 1. The lowest BCUT2D eigenvalue weighted by atomic mass is 9.91. The molecule has 1 unspecified atom stereocenters. The smallest absolute Gasteiger partial charge is 0.328 e. The van der Waals surface area contributed by atoms with E-state index in [1.807, 2.05) is 0 Å². The number of rotatable bonds is 2. The summed E-state index contributed by atoms with van der Waals surface area (Å²) in [6.45, 7) is 0. The lowest BCUT2D eigenvalue weighted by molar-refractivity contribution is 0.304. The average Bonchev–Trinajstić information content (AvgIpc) is 3.11. The molecule has 0 radical (unpaired) electrons. The number of hydrogen-bond acceptors (Lipinski definition) is 5. The van der Waals surface area contributed by atoms with Gasteiger partial charge in [0.25, 0.3) is 5.56 Å². The van der Waals surface area contributed by atoms with Gasteiger partial charge in [-0.2, -0.15) is 11.8 Å². The summed E-state index contributed by atoms with van der Waals surface area (Å²) < 4.78 is 16.7. The molecule has 0 amide bonds. The number of pyridine rings is 1. The molecule has 142 valence electrons. The van der Waals surface area contributed by atoms with Gasteiger partial charge in [-0.3, -0.25) is 13.9 Å². The van der Waals surface area contributed by atoms with Crippen molar-refractivity contribution >= 4 is 35.2 Å². The molecule has 1 aliphatic heterocycles. The van der Waals surface area contributed by atoms with E-state index in [1.54, 1.807) is 16.3 Å². The van der Waals surface area contributed by atoms with Crippen LogP contribution in [0.15, 0.2) is 21.9 Å². The fourth-order valence-corrected chi connectivity index (χ4v) is 5.13. The zero-order valence-electron chi connectivity index (χ0n) is 14.3. The minimum Gasteiger partial charge on any atom is -0.328 e. The summed E-state index contributed by atoms with van der Waals surface area (Å²) in [6.07, 6.45) is 4.90. The molecule has 1 aliphatic carbocycles. The molecule has 0 spiro atoms. The Kier molecular flexibility index (Phi) is 5.74. The first-order chi connectivity index (χ1) is 12.1. The highest BCUT2D eigenvalue weighted by molar-refractivity contribution is 7.99. The zero-order valence-corrected chi connectivity index (χ0v) is 15.9. The van der Waals surface area contributed by atoms with E-state index in [0.29, 0.717) is 18.5 Å². The third-order valence-corrected chi connectivity index (χ3v) is 6.45. The Labute approximate surface area is 160 Å². The fraction of sp³-hybridized carbons (Fsp3) is 0.588. The van der Waals surface area contributed by atoms with E-state index in [2.05, 4.69) is 4.98 Å². The number of hydrogen-bond donors (Lipinski definition) is 1. The second-order valence-electron chi connectivity index (χ2n) is 6.94. The molecule has 9 heteroatoms. The number of thioether (sulfide) groups is 1. The van der Waals surface area contributed by atoms with E-state index in [0.717, 1.165) is 37.0 Å². The van der Waals surface area contributed by atoms with E-state index >= 15 is 0 Å². The summed E-state index contributed by atoms with van der Waals surface area (Å²) in [4.78, 5) is 30.3. The van der Waals surface area contributed by atoms with Crippen molar-refractivity contribution in [3.8, 4) is 0 Å². The van der Waals surface area contributed by atoms with Gasteiger partial charge in [-0.25, -0.2) is 14.2 Å². The third kappa shape index (κ3) is 3.30. The lowest BCUT2D eigenvalue weighted by Crippen LogP contribution is -2.45. The van der Waals surface area contributed by atoms with Crippen molar-refractivity contribution in [3.63, 3.8) is 0 Å². The van der Waals surface area contributed by atoms with Crippen LogP contribution in [0.4, 0.5) is 4.39 Å². The Morgan fingerprint density at radius 2 is 1.85 bits per heavy atom. The van der Waals surface area contributed by atoms with Crippen LogP contribution >= 0.6 is 24.2 Å². The van der Waals surface area contributed by atoms with Crippen molar-refractivity contribution in [1.29, 1.82) is 0 Å². The summed E-state index contributed by atoms with van der Waals surface area (Å²) >= 11 is 1.78. The number of nitrogens with zero attached hydrogens (tertiary/aromatic N) is 3. The number of nitrogens with two attached hydrogens (primary N) is 1. The van der Waals surface area contributed by atoms with Crippen molar-refractivity contribution < 1.29 is 4.39 Å². The monoisotopic (exact) mass is 400 g/mol.